The molecule has 1 amide bonds. The Balaban J connectivity index is 2.18. The van der Waals surface area contributed by atoms with Crippen LogP contribution in [0.15, 0.2) is 18.5 Å². The van der Waals surface area contributed by atoms with Crippen molar-refractivity contribution in [2.75, 3.05) is 18.0 Å². The summed E-state index contributed by atoms with van der Waals surface area (Å²) in [4.78, 5) is 21.1. The van der Waals surface area contributed by atoms with Gasteiger partial charge in [0, 0.05) is 30.9 Å². The standard InChI is InChI=1S/C13H16N4O/c14-12(18)10-8-16-13-9(4-5-15-13)11(10)17-6-2-1-3-7-17/h4-5,8H,1-3,6-7H2,(H2,14,18)(H,15,16). The number of nitrogens with one attached hydrogen (secondary N) is 1. The van der Waals surface area contributed by atoms with Crippen LogP contribution in [0, 0.1) is 0 Å². The molecule has 3 rings (SSSR count). The summed E-state index contributed by atoms with van der Waals surface area (Å²) in [6.07, 6.45) is 6.99. The average Bonchev–Trinajstić information content (AvgIpc) is 2.86. The Morgan fingerprint density at radius 2 is 2.11 bits per heavy atom. The van der Waals surface area contributed by atoms with E-state index in [1.807, 2.05) is 12.3 Å². The fourth-order valence-electron chi connectivity index (χ4n) is 2.63. The van der Waals surface area contributed by atoms with Gasteiger partial charge in [-0.25, -0.2) is 4.98 Å². The van der Waals surface area contributed by atoms with Gasteiger partial charge in [0.25, 0.3) is 5.91 Å². The summed E-state index contributed by atoms with van der Waals surface area (Å²) in [5.41, 5.74) is 7.73. The van der Waals surface area contributed by atoms with Gasteiger partial charge >= 0.3 is 0 Å². The summed E-state index contributed by atoms with van der Waals surface area (Å²) in [5.74, 6) is -0.411. The smallest absolute Gasteiger partial charge is 0.252 e. The zero-order valence-corrected chi connectivity index (χ0v) is 10.1. The summed E-state index contributed by atoms with van der Waals surface area (Å²) in [6, 6.07) is 1.96. The maximum Gasteiger partial charge on any atom is 0.252 e. The minimum Gasteiger partial charge on any atom is -0.370 e. The number of nitrogens with two attached hydrogens (primary N) is 1. The number of hydrogen-bond acceptors (Lipinski definition) is 3. The van der Waals surface area contributed by atoms with Crippen LogP contribution >= 0.6 is 0 Å². The van der Waals surface area contributed by atoms with Crippen LogP contribution in [0.2, 0.25) is 0 Å². The van der Waals surface area contributed by atoms with E-state index in [0.717, 1.165) is 42.7 Å². The fourth-order valence-corrected chi connectivity index (χ4v) is 2.63. The average molecular weight is 244 g/mol. The van der Waals surface area contributed by atoms with E-state index in [2.05, 4.69) is 14.9 Å². The van der Waals surface area contributed by atoms with Gasteiger partial charge in [-0.1, -0.05) is 0 Å². The molecular formula is C13H16N4O. The molecule has 0 spiro atoms. The highest BCUT2D eigenvalue weighted by Gasteiger charge is 2.20. The number of H-pyrrole nitrogens is 1. The molecule has 0 aromatic carbocycles. The maximum absolute atomic E-state index is 11.6. The van der Waals surface area contributed by atoms with Gasteiger partial charge in [-0.3, -0.25) is 4.79 Å². The third-order valence-electron chi connectivity index (χ3n) is 3.50. The molecule has 0 unspecified atom stereocenters. The summed E-state index contributed by atoms with van der Waals surface area (Å²) >= 11 is 0. The second-order valence-corrected chi connectivity index (χ2v) is 4.67. The van der Waals surface area contributed by atoms with E-state index in [1.165, 1.54) is 6.42 Å². The lowest BCUT2D eigenvalue weighted by Crippen LogP contribution is -2.31. The number of carbonyl (C=O) groups excluding carboxylic acids is 1. The zero-order chi connectivity index (χ0) is 12.5. The Morgan fingerprint density at radius 1 is 1.33 bits per heavy atom. The van der Waals surface area contributed by atoms with E-state index in [-0.39, 0.29) is 0 Å². The quantitative estimate of drug-likeness (QED) is 0.843. The number of aromatic amines is 1. The SMILES string of the molecule is NC(=O)c1cnc2[nH]ccc2c1N1CCCCC1. The van der Waals surface area contributed by atoms with Gasteiger partial charge in [0.05, 0.1) is 11.3 Å². The highest BCUT2D eigenvalue weighted by molar-refractivity contribution is 6.06. The number of carbonyl (C=O) groups is 1. The first-order valence-electron chi connectivity index (χ1n) is 6.28. The van der Waals surface area contributed by atoms with E-state index in [0.29, 0.717) is 5.56 Å². The van der Waals surface area contributed by atoms with E-state index >= 15 is 0 Å². The Morgan fingerprint density at radius 3 is 2.83 bits per heavy atom. The lowest BCUT2D eigenvalue weighted by atomic mass is 10.1. The number of anilines is 1. The molecule has 0 aliphatic carbocycles. The summed E-state index contributed by atoms with van der Waals surface area (Å²) in [5, 5.41) is 0.980. The predicted molar refractivity (Wildman–Crippen MR) is 70.7 cm³/mol. The molecule has 0 bridgehead atoms. The number of nitrogens with zero attached hydrogens (tertiary/aromatic N) is 2. The molecule has 5 nitrogen and oxygen atoms in total. The van der Waals surface area contributed by atoms with Crippen molar-refractivity contribution in [3.05, 3.63) is 24.0 Å². The fraction of sp³-hybridized carbons (Fsp3) is 0.385. The molecule has 2 aromatic rings. The second-order valence-electron chi connectivity index (χ2n) is 4.67. The topological polar surface area (TPSA) is 75.0 Å². The molecule has 18 heavy (non-hydrogen) atoms. The predicted octanol–water partition coefficient (Wildman–Crippen LogP) is 1.65. The summed E-state index contributed by atoms with van der Waals surface area (Å²) < 4.78 is 0. The molecule has 1 saturated heterocycles. The molecule has 0 radical (unpaired) electrons. The zero-order valence-electron chi connectivity index (χ0n) is 10.1. The molecule has 94 valence electrons. The van der Waals surface area contributed by atoms with Crippen molar-refractivity contribution in [1.82, 2.24) is 9.97 Å². The number of fused-ring (bicyclic) bond motifs is 1. The van der Waals surface area contributed by atoms with Crippen molar-refractivity contribution in [1.29, 1.82) is 0 Å². The molecule has 0 atom stereocenters. The monoisotopic (exact) mass is 244 g/mol. The van der Waals surface area contributed by atoms with Gasteiger partial charge in [-0.15, -0.1) is 0 Å². The Labute approximate surface area is 105 Å². The van der Waals surface area contributed by atoms with Crippen LogP contribution in [0.3, 0.4) is 0 Å². The van der Waals surface area contributed by atoms with Gasteiger partial charge in [0.1, 0.15) is 5.65 Å². The van der Waals surface area contributed by atoms with Gasteiger partial charge in [0.15, 0.2) is 0 Å². The number of pyridine rings is 1. The Hall–Kier alpha value is -2.04. The molecular weight excluding hydrogens is 228 g/mol. The molecule has 1 fully saturated rings. The number of hydrogen-bond donors (Lipinski definition) is 2. The molecule has 1 aliphatic heterocycles. The van der Waals surface area contributed by atoms with Crippen LogP contribution in [0.5, 0.6) is 0 Å². The van der Waals surface area contributed by atoms with Crippen LogP contribution in [-0.2, 0) is 0 Å². The number of amides is 1. The lowest BCUT2D eigenvalue weighted by molar-refractivity contribution is 0.100. The number of rotatable bonds is 2. The van der Waals surface area contributed by atoms with Crippen LogP contribution in [0.4, 0.5) is 5.69 Å². The molecule has 0 saturated carbocycles. The van der Waals surface area contributed by atoms with Crippen molar-refractivity contribution in [2.24, 2.45) is 5.73 Å². The van der Waals surface area contributed by atoms with Crippen molar-refractivity contribution >= 4 is 22.6 Å². The lowest BCUT2D eigenvalue weighted by Gasteiger charge is -2.30. The summed E-state index contributed by atoms with van der Waals surface area (Å²) in [7, 11) is 0. The first-order chi connectivity index (χ1) is 8.77. The summed E-state index contributed by atoms with van der Waals surface area (Å²) in [6.45, 7) is 1.95. The van der Waals surface area contributed by atoms with Crippen LogP contribution < -0.4 is 10.6 Å². The van der Waals surface area contributed by atoms with E-state index in [4.69, 9.17) is 5.73 Å². The second kappa shape index (κ2) is 4.33. The largest absolute Gasteiger partial charge is 0.370 e. The van der Waals surface area contributed by atoms with Gasteiger partial charge in [0.2, 0.25) is 0 Å². The normalized spacial score (nSPS) is 16.1. The first kappa shape index (κ1) is 11.1. The first-order valence-corrected chi connectivity index (χ1v) is 6.28. The van der Waals surface area contributed by atoms with E-state index < -0.39 is 5.91 Å². The third-order valence-corrected chi connectivity index (χ3v) is 3.50. The van der Waals surface area contributed by atoms with Crippen LogP contribution in [0.1, 0.15) is 29.6 Å². The van der Waals surface area contributed by atoms with Gasteiger partial charge < -0.3 is 15.6 Å². The molecule has 5 heteroatoms. The van der Waals surface area contributed by atoms with Crippen molar-refractivity contribution in [3.8, 4) is 0 Å². The van der Waals surface area contributed by atoms with Crippen molar-refractivity contribution < 1.29 is 4.79 Å². The van der Waals surface area contributed by atoms with Crippen molar-refractivity contribution in [3.63, 3.8) is 0 Å². The molecule has 2 aromatic heterocycles. The number of primary amides is 1. The van der Waals surface area contributed by atoms with E-state index in [1.54, 1.807) is 6.20 Å². The van der Waals surface area contributed by atoms with Crippen LogP contribution in [0.25, 0.3) is 11.0 Å². The highest BCUT2D eigenvalue weighted by atomic mass is 16.1. The number of aromatic nitrogens is 2. The Bertz CT molecular complexity index is 584. The van der Waals surface area contributed by atoms with Crippen molar-refractivity contribution in [2.45, 2.75) is 19.3 Å². The minimum absolute atomic E-state index is 0.411. The van der Waals surface area contributed by atoms with Crippen LogP contribution in [-0.4, -0.2) is 29.0 Å². The molecule has 1 aliphatic rings. The minimum atomic E-state index is -0.411. The number of piperidine rings is 1. The highest BCUT2D eigenvalue weighted by Crippen LogP contribution is 2.31. The third kappa shape index (κ3) is 1.72. The molecule has 3 heterocycles. The Kier molecular flexibility index (Phi) is 2.66. The van der Waals surface area contributed by atoms with Gasteiger partial charge in [-0.05, 0) is 25.3 Å². The van der Waals surface area contributed by atoms with Gasteiger partial charge in [-0.2, -0.15) is 0 Å². The maximum atomic E-state index is 11.6. The molecule has 3 N–H and O–H groups in total. The van der Waals surface area contributed by atoms with E-state index in [9.17, 15) is 4.79 Å².